The molecule has 0 amide bonds. The van der Waals surface area contributed by atoms with Crippen LogP contribution in [-0.4, -0.2) is 37.8 Å². The van der Waals surface area contributed by atoms with Gasteiger partial charge in [-0.25, -0.2) is 17.9 Å². The Labute approximate surface area is 119 Å². The molecule has 1 aromatic rings. The van der Waals surface area contributed by atoms with Gasteiger partial charge in [0.25, 0.3) is 0 Å². The van der Waals surface area contributed by atoms with Gasteiger partial charge in [0.05, 0.1) is 11.8 Å². The molecular weight excluding hydrogens is 280 g/mol. The van der Waals surface area contributed by atoms with Crippen LogP contribution in [0, 0.1) is 6.92 Å². The van der Waals surface area contributed by atoms with E-state index in [1.165, 1.54) is 0 Å². The first-order valence-corrected chi connectivity index (χ1v) is 7.96. The lowest BCUT2D eigenvalue weighted by Crippen LogP contribution is -2.47. The largest absolute Gasteiger partial charge is 0.478 e. The van der Waals surface area contributed by atoms with Gasteiger partial charge in [-0.3, -0.25) is 0 Å². The highest BCUT2D eigenvalue weighted by Crippen LogP contribution is 2.18. The second kappa shape index (κ2) is 5.80. The third-order valence-electron chi connectivity index (χ3n) is 2.59. The second-order valence-corrected chi connectivity index (χ2v) is 7.21. The molecule has 0 aromatic heterocycles. The Morgan fingerprint density at radius 2 is 1.95 bits per heavy atom. The number of hydrogen-bond donors (Lipinski definition) is 3. The monoisotopic (exact) mass is 300 g/mol. The van der Waals surface area contributed by atoms with E-state index in [2.05, 4.69) is 10.0 Å². The van der Waals surface area contributed by atoms with E-state index in [4.69, 9.17) is 5.11 Å². The van der Waals surface area contributed by atoms with Gasteiger partial charge in [-0.05, 0) is 32.9 Å². The lowest BCUT2D eigenvalue weighted by atomic mass is 10.1. The van der Waals surface area contributed by atoms with Gasteiger partial charge in [0, 0.05) is 17.8 Å². The number of benzene rings is 1. The van der Waals surface area contributed by atoms with Gasteiger partial charge in [0.1, 0.15) is 0 Å². The Morgan fingerprint density at radius 3 is 2.45 bits per heavy atom. The molecule has 0 aliphatic rings. The summed E-state index contributed by atoms with van der Waals surface area (Å²) in [6.45, 7) is 5.51. The van der Waals surface area contributed by atoms with Crippen molar-refractivity contribution in [3.63, 3.8) is 0 Å². The molecule has 0 aliphatic carbocycles. The SMILES string of the molecule is Cc1ccc(NCC(C)(C)NS(C)(=O)=O)c(C(=O)O)c1. The van der Waals surface area contributed by atoms with E-state index in [9.17, 15) is 13.2 Å². The van der Waals surface area contributed by atoms with Crippen LogP contribution in [0.5, 0.6) is 0 Å². The number of anilines is 1. The van der Waals surface area contributed by atoms with Crippen LogP contribution in [0.3, 0.4) is 0 Å². The number of carboxylic acid groups (broad SMARTS) is 1. The molecule has 0 unspecified atom stereocenters. The average Bonchev–Trinajstić information content (AvgIpc) is 2.23. The predicted molar refractivity (Wildman–Crippen MR) is 78.7 cm³/mol. The van der Waals surface area contributed by atoms with E-state index >= 15 is 0 Å². The van der Waals surface area contributed by atoms with Gasteiger partial charge in [-0.15, -0.1) is 0 Å². The van der Waals surface area contributed by atoms with Gasteiger partial charge in [0.2, 0.25) is 10.0 Å². The summed E-state index contributed by atoms with van der Waals surface area (Å²) in [5.74, 6) is -1.02. The minimum Gasteiger partial charge on any atom is -0.478 e. The molecule has 0 saturated carbocycles. The van der Waals surface area contributed by atoms with Crippen molar-refractivity contribution >= 4 is 21.7 Å². The Bertz CT molecular complexity index is 609. The fraction of sp³-hybridized carbons (Fsp3) is 0.462. The van der Waals surface area contributed by atoms with Crippen LogP contribution in [0.15, 0.2) is 18.2 Å². The minimum atomic E-state index is -3.33. The highest BCUT2D eigenvalue weighted by molar-refractivity contribution is 7.88. The van der Waals surface area contributed by atoms with Crippen molar-refractivity contribution in [1.82, 2.24) is 4.72 Å². The summed E-state index contributed by atoms with van der Waals surface area (Å²) in [5.41, 5.74) is 0.752. The molecule has 1 rings (SSSR count). The predicted octanol–water partition coefficient (Wildman–Crippen LogP) is 1.43. The Morgan fingerprint density at radius 1 is 1.35 bits per heavy atom. The highest BCUT2D eigenvalue weighted by Gasteiger charge is 2.22. The lowest BCUT2D eigenvalue weighted by molar-refractivity contribution is 0.0697. The fourth-order valence-corrected chi connectivity index (χ4v) is 2.92. The number of carboxylic acids is 1. The summed E-state index contributed by atoms with van der Waals surface area (Å²) in [6.07, 6.45) is 1.09. The van der Waals surface area contributed by atoms with Crippen molar-refractivity contribution < 1.29 is 18.3 Å². The first-order valence-electron chi connectivity index (χ1n) is 6.07. The third-order valence-corrected chi connectivity index (χ3v) is 3.51. The first kappa shape index (κ1) is 16.5. The summed E-state index contributed by atoms with van der Waals surface area (Å²) in [7, 11) is -3.33. The average molecular weight is 300 g/mol. The third kappa shape index (κ3) is 5.18. The van der Waals surface area contributed by atoms with E-state index in [0.29, 0.717) is 5.69 Å². The van der Waals surface area contributed by atoms with Crippen LogP contribution in [0.1, 0.15) is 29.8 Å². The summed E-state index contributed by atoms with van der Waals surface area (Å²) in [4.78, 5) is 11.2. The lowest BCUT2D eigenvalue weighted by Gasteiger charge is -2.26. The Kier molecular flexibility index (Phi) is 4.77. The van der Waals surface area contributed by atoms with Crippen molar-refractivity contribution in [2.45, 2.75) is 26.3 Å². The molecule has 3 N–H and O–H groups in total. The fourth-order valence-electron chi connectivity index (χ4n) is 1.84. The molecule has 0 spiro atoms. The topological polar surface area (TPSA) is 95.5 Å². The van der Waals surface area contributed by atoms with Crippen LogP contribution < -0.4 is 10.0 Å². The Hall–Kier alpha value is -1.60. The van der Waals surface area contributed by atoms with E-state index in [0.717, 1.165) is 11.8 Å². The first-order chi connectivity index (χ1) is 9.00. The molecule has 1 aromatic carbocycles. The van der Waals surface area contributed by atoms with Gasteiger partial charge in [-0.1, -0.05) is 11.6 Å². The molecule has 0 radical (unpaired) electrons. The zero-order chi connectivity index (χ0) is 15.6. The highest BCUT2D eigenvalue weighted by atomic mass is 32.2. The Balaban J connectivity index is 2.87. The zero-order valence-electron chi connectivity index (χ0n) is 12.0. The number of sulfonamides is 1. The normalized spacial score (nSPS) is 12.2. The molecule has 0 saturated heterocycles. The zero-order valence-corrected chi connectivity index (χ0v) is 12.8. The number of hydrogen-bond acceptors (Lipinski definition) is 4. The molecule has 0 aliphatic heterocycles. The second-order valence-electron chi connectivity index (χ2n) is 5.47. The maximum atomic E-state index is 11.2. The molecule has 20 heavy (non-hydrogen) atoms. The molecule has 0 bridgehead atoms. The van der Waals surface area contributed by atoms with Crippen LogP contribution >= 0.6 is 0 Å². The van der Waals surface area contributed by atoms with Crippen LogP contribution in [-0.2, 0) is 10.0 Å². The molecule has 7 heteroatoms. The maximum absolute atomic E-state index is 11.2. The van der Waals surface area contributed by atoms with Crippen molar-refractivity contribution in [2.24, 2.45) is 0 Å². The van der Waals surface area contributed by atoms with Crippen molar-refractivity contribution in [3.8, 4) is 0 Å². The van der Waals surface area contributed by atoms with E-state index < -0.39 is 21.5 Å². The van der Waals surface area contributed by atoms with Gasteiger partial charge < -0.3 is 10.4 Å². The summed E-state index contributed by atoms with van der Waals surface area (Å²) >= 11 is 0. The van der Waals surface area contributed by atoms with Gasteiger partial charge >= 0.3 is 5.97 Å². The number of rotatable bonds is 6. The molecule has 0 fully saturated rings. The number of nitrogens with one attached hydrogen (secondary N) is 2. The van der Waals surface area contributed by atoms with Crippen molar-refractivity contribution in [1.29, 1.82) is 0 Å². The quantitative estimate of drug-likeness (QED) is 0.738. The van der Waals surface area contributed by atoms with Crippen LogP contribution in [0.25, 0.3) is 0 Å². The standard InChI is InChI=1S/C13H20N2O4S/c1-9-5-6-11(10(7-9)12(16)17)14-8-13(2,3)15-20(4,18)19/h5-7,14-15H,8H2,1-4H3,(H,16,17). The maximum Gasteiger partial charge on any atom is 0.337 e. The van der Waals surface area contributed by atoms with Crippen molar-refractivity contribution in [2.75, 3.05) is 18.1 Å². The summed E-state index contributed by atoms with van der Waals surface area (Å²) < 4.78 is 25.0. The van der Waals surface area contributed by atoms with E-state index in [1.54, 1.807) is 32.0 Å². The molecule has 6 nitrogen and oxygen atoms in total. The van der Waals surface area contributed by atoms with E-state index in [1.807, 2.05) is 6.92 Å². The number of carbonyl (C=O) groups is 1. The minimum absolute atomic E-state index is 0.167. The van der Waals surface area contributed by atoms with Gasteiger partial charge in [-0.2, -0.15) is 0 Å². The summed E-state index contributed by atoms with van der Waals surface area (Å²) in [6, 6.07) is 5.04. The van der Waals surface area contributed by atoms with Gasteiger partial charge in [0.15, 0.2) is 0 Å². The van der Waals surface area contributed by atoms with E-state index in [-0.39, 0.29) is 12.1 Å². The molecule has 0 heterocycles. The molecule has 0 atom stereocenters. The number of aromatic carboxylic acids is 1. The van der Waals surface area contributed by atoms with Crippen molar-refractivity contribution in [3.05, 3.63) is 29.3 Å². The molecule has 112 valence electrons. The van der Waals surface area contributed by atoms with Crippen LogP contribution in [0.4, 0.5) is 5.69 Å². The number of aryl methyl sites for hydroxylation is 1. The van der Waals surface area contributed by atoms with Crippen LogP contribution in [0.2, 0.25) is 0 Å². The smallest absolute Gasteiger partial charge is 0.337 e. The summed E-state index contributed by atoms with van der Waals surface area (Å²) in [5, 5.41) is 12.1. The molecular formula is C13H20N2O4S.